The van der Waals surface area contributed by atoms with Gasteiger partial charge in [-0.25, -0.2) is 4.39 Å². The standard InChI is InChI=1S/C16H13F4NO/c17-15-5-9(2-4-14(15)16(18,19)20)11-3-1-10(8-22)12-6-21-7-13(11)12/h2,4-8,10-11,21H,1,3H2. The van der Waals surface area contributed by atoms with Crippen molar-refractivity contribution in [3.05, 3.63) is 58.7 Å². The lowest BCUT2D eigenvalue weighted by atomic mass is 9.76. The smallest absolute Gasteiger partial charge is 0.367 e. The molecule has 0 bridgehead atoms. The number of carbonyl (C=O) groups excluding carboxylic acids is 1. The minimum atomic E-state index is -4.70. The second-order valence-electron chi connectivity index (χ2n) is 5.48. The SMILES string of the molecule is O=CC1CCC(c2ccc(C(F)(F)F)c(F)c2)c2c[nH]cc21. The third-order valence-electron chi connectivity index (χ3n) is 4.22. The van der Waals surface area contributed by atoms with E-state index in [0.717, 1.165) is 29.5 Å². The van der Waals surface area contributed by atoms with Gasteiger partial charge < -0.3 is 9.78 Å². The lowest BCUT2D eigenvalue weighted by molar-refractivity contribution is -0.140. The van der Waals surface area contributed by atoms with Gasteiger partial charge in [-0.15, -0.1) is 0 Å². The molecule has 1 N–H and O–H groups in total. The van der Waals surface area contributed by atoms with Gasteiger partial charge in [-0.05, 0) is 41.7 Å². The van der Waals surface area contributed by atoms with E-state index in [9.17, 15) is 22.4 Å². The molecule has 0 radical (unpaired) electrons. The monoisotopic (exact) mass is 311 g/mol. The summed E-state index contributed by atoms with van der Waals surface area (Å²) in [5.41, 5.74) is 0.928. The number of fused-ring (bicyclic) bond motifs is 1. The molecule has 22 heavy (non-hydrogen) atoms. The highest BCUT2D eigenvalue weighted by molar-refractivity contribution is 5.64. The van der Waals surface area contributed by atoms with Crippen LogP contribution in [0, 0.1) is 5.82 Å². The molecule has 1 aromatic heterocycles. The average molecular weight is 311 g/mol. The van der Waals surface area contributed by atoms with Crippen LogP contribution in [0.2, 0.25) is 0 Å². The first kappa shape index (κ1) is 14.8. The van der Waals surface area contributed by atoms with Crippen molar-refractivity contribution < 1.29 is 22.4 Å². The Labute approximate surface area is 124 Å². The van der Waals surface area contributed by atoms with E-state index in [1.54, 1.807) is 12.4 Å². The van der Waals surface area contributed by atoms with Crippen molar-refractivity contribution in [2.75, 3.05) is 0 Å². The molecule has 0 spiro atoms. The van der Waals surface area contributed by atoms with Crippen LogP contribution in [0.1, 0.15) is 46.9 Å². The zero-order chi connectivity index (χ0) is 15.9. The quantitative estimate of drug-likeness (QED) is 0.648. The van der Waals surface area contributed by atoms with E-state index in [2.05, 4.69) is 4.98 Å². The molecule has 2 aromatic rings. The lowest BCUT2D eigenvalue weighted by Gasteiger charge is -2.27. The van der Waals surface area contributed by atoms with Crippen molar-refractivity contribution in [1.82, 2.24) is 4.98 Å². The first-order chi connectivity index (χ1) is 10.4. The predicted octanol–water partition coefficient (Wildman–Crippen LogP) is 4.38. The molecule has 1 aliphatic rings. The second-order valence-corrected chi connectivity index (χ2v) is 5.48. The Hall–Kier alpha value is -2.11. The summed E-state index contributed by atoms with van der Waals surface area (Å²) in [6.45, 7) is 0. The number of H-pyrrole nitrogens is 1. The van der Waals surface area contributed by atoms with Gasteiger partial charge in [0.1, 0.15) is 12.1 Å². The van der Waals surface area contributed by atoms with Gasteiger partial charge in [0.25, 0.3) is 0 Å². The first-order valence-electron chi connectivity index (χ1n) is 6.90. The van der Waals surface area contributed by atoms with Crippen molar-refractivity contribution in [2.45, 2.75) is 30.9 Å². The summed E-state index contributed by atoms with van der Waals surface area (Å²) in [5.74, 6) is -1.68. The van der Waals surface area contributed by atoms with Gasteiger partial charge >= 0.3 is 6.18 Å². The number of hydrogen-bond acceptors (Lipinski definition) is 1. The topological polar surface area (TPSA) is 32.9 Å². The molecular formula is C16H13F4NO. The molecule has 0 saturated carbocycles. The van der Waals surface area contributed by atoms with E-state index < -0.39 is 17.6 Å². The molecule has 1 aliphatic carbocycles. The molecule has 0 saturated heterocycles. The summed E-state index contributed by atoms with van der Waals surface area (Å²) in [5, 5.41) is 0. The first-order valence-corrected chi connectivity index (χ1v) is 6.90. The maximum atomic E-state index is 13.8. The van der Waals surface area contributed by atoms with Gasteiger partial charge in [-0.2, -0.15) is 13.2 Å². The normalized spacial score (nSPS) is 21.5. The number of halogens is 4. The fraction of sp³-hybridized carbons (Fsp3) is 0.312. The third kappa shape index (κ3) is 2.42. The van der Waals surface area contributed by atoms with Crippen molar-refractivity contribution in [3.8, 4) is 0 Å². The fourth-order valence-electron chi connectivity index (χ4n) is 3.13. The largest absolute Gasteiger partial charge is 0.419 e. The molecule has 2 nitrogen and oxygen atoms in total. The highest BCUT2D eigenvalue weighted by Gasteiger charge is 2.35. The number of rotatable bonds is 2. The van der Waals surface area contributed by atoms with Crippen LogP contribution in [0.5, 0.6) is 0 Å². The molecule has 0 amide bonds. The van der Waals surface area contributed by atoms with E-state index in [1.807, 2.05) is 0 Å². The van der Waals surface area contributed by atoms with Gasteiger partial charge in [-0.1, -0.05) is 6.07 Å². The zero-order valence-corrected chi connectivity index (χ0v) is 11.5. The number of aromatic amines is 1. The van der Waals surface area contributed by atoms with Gasteiger partial charge in [0.05, 0.1) is 5.56 Å². The fourth-order valence-corrected chi connectivity index (χ4v) is 3.13. The van der Waals surface area contributed by atoms with Crippen LogP contribution in [0.15, 0.2) is 30.6 Å². The molecule has 0 aliphatic heterocycles. The van der Waals surface area contributed by atoms with Crippen LogP contribution in [0.3, 0.4) is 0 Å². The Balaban J connectivity index is 2.00. The number of alkyl halides is 3. The number of nitrogens with one attached hydrogen (secondary N) is 1. The van der Waals surface area contributed by atoms with Gasteiger partial charge in [-0.3, -0.25) is 0 Å². The van der Waals surface area contributed by atoms with Crippen molar-refractivity contribution >= 4 is 6.29 Å². The summed E-state index contributed by atoms with van der Waals surface area (Å²) in [4.78, 5) is 14.0. The van der Waals surface area contributed by atoms with E-state index in [-0.39, 0.29) is 11.8 Å². The molecule has 3 rings (SSSR count). The van der Waals surface area contributed by atoms with Crippen molar-refractivity contribution in [2.24, 2.45) is 0 Å². The number of aromatic nitrogens is 1. The van der Waals surface area contributed by atoms with Crippen molar-refractivity contribution in [1.29, 1.82) is 0 Å². The van der Waals surface area contributed by atoms with Crippen LogP contribution in [0.25, 0.3) is 0 Å². The molecule has 6 heteroatoms. The number of aldehydes is 1. The van der Waals surface area contributed by atoms with E-state index in [4.69, 9.17) is 0 Å². The van der Waals surface area contributed by atoms with Crippen LogP contribution in [0.4, 0.5) is 17.6 Å². The Morgan fingerprint density at radius 2 is 1.86 bits per heavy atom. The van der Waals surface area contributed by atoms with Crippen LogP contribution in [-0.2, 0) is 11.0 Å². The third-order valence-corrected chi connectivity index (χ3v) is 4.22. The second kappa shape index (κ2) is 5.26. The summed E-state index contributed by atoms with van der Waals surface area (Å²) < 4.78 is 51.6. The van der Waals surface area contributed by atoms with Crippen LogP contribution < -0.4 is 0 Å². The number of carbonyl (C=O) groups is 1. The maximum absolute atomic E-state index is 13.8. The van der Waals surface area contributed by atoms with E-state index >= 15 is 0 Å². The zero-order valence-electron chi connectivity index (χ0n) is 11.5. The van der Waals surface area contributed by atoms with Crippen LogP contribution in [-0.4, -0.2) is 11.3 Å². The van der Waals surface area contributed by atoms with Gasteiger partial charge in [0, 0.05) is 24.2 Å². The summed E-state index contributed by atoms with van der Waals surface area (Å²) in [6.07, 6.45) is 0.820. The lowest BCUT2D eigenvalue weighted by Crippen LogP contribution is -2.15. The molecule has 2 atom stereocenters. The highest BCUT2D eigenvalue weighted by atomic mass is 19.4. The van der Waals surface area contributed by atoms with E-state index in [1.165, 1.54) is 6.07 Å². The maximum Gasteiger partial charge on any atom is 0.419 e. The molecule has 1 aromatic carbocycles. The van der Waals surface area contributed by atoms with Gasteiger partial charge in [0.15, 0.2) is 0 Å². The van der Waals surface area contributed by atoms with Crippen molar-refractivity contribution in [3.63, 3.8) is 0 Å². The Kier molecular flexibility index (Phi) is 3.54. The number of hydrogen-bond donors (Lipinski definition) is 1. The highest BCUT2D eigenvalue weighted by Crippen LogP contribution is 2.42. The van der Waals surface area contributed by atoms with E-state index in [0.29, 0.717) is 18.4 Å². The average Bonchev–Trinajstić information content (AvgIpc) is 2.94. The van der Waals surface area contributed by atoms with Gasteiger partial charge in [0.2, 0.25) is 0 Å². The minimum absolute atomic E-state index is 0.200. The molecule has 116 valence electrons. The van der Waals surface area contributed by atoms with Crippen LogP contribution >= 0.6 is 0 Å². The molecule has 0 fully saturated rings. The summed E-state index contributed by atoms with van der Waals surface area (Å²) >= 11 is 0. The minimum Gasteiger partial charge on any atom is -0.367 e. The molecule has 1 heterocycles. The Morgan fingerprint density at radius 1 is 1.14 bits per heavy atom. The Morgan fingerprint density at radius 3 is 2.50 bits per heavy atom. The molecular weight excluding hydrogens is 298 g/mol. The number of benzene rings is 1. The Bertz CT molecular complexity index is 704. The summed E-state index contributed by atoms with van der Waals surface area (Å²) in [7, 11) is 0. The molecule has 2 unspecified atom stereocenters. The summed E-state index contributed by atoms with van der Waals surface area (Å²) in [6, 6.07) is 3.04. The predicted molar refractivity (Wildman–Crippen MR) is 72.1 cm³/mol.